The third-order valence-corrected chi connectivity index (χ3v) is 5.20. The van der Waals surface area contributed by atoms with Gasteiger partial charge in [-0.1, -0.05) is 24.3 Å². The Balaban J connectivity index is 1.34. The molecule has 0 aromatic heterocycles. The van der Waals surface area contributed by atoms with Crippen molar-refractivity contribution in [2.45, 2.75) is 6.42 Å². The van der Waals surface area contributed by atoms with Crippen LogP contribution < -0.4 is 10.6 Å². The van der Waals surface area contributed by atoms with Crippen molar-refractivity contribution in [3.05, 3.63) is 130 Å². The van der Waals surface area contributed by atoms with Crippen LogP contribution >= 0.6 is 0 Å². The Labute approximate surface area is 198 Å². The predicted molar refractivity (Wildman–Crippen MR) is 124 cm³/mol. The third-order valence-electron chi connectivity index (χ3n) is 5.20. The highest BCUT2D eigenvalue weighted by Crippen LogP contribution is 2.18. The highest BCUT2D eigenvalue weighted by Gasteiger charge is 2.11. The van der Waals surface area contributed by atoms with E-state index in [1.54, 1.807) is 24.3 Å². The zero-order chi connectivity index (χ0) is 24.9. The van der Waals surface area contributed by atoms with Crippen LogP contribution in [0.5, 0.6) is 0 Å². The Morgan fingerprint density at radius 3 is 1.23 bits per heavy atom. The maximum Gasteiger partial charge on any atom is 0.255 e. The maximum absolute atomic E-state index is 13.3. The van der Waals surface area contributed by atoms with Crippen LogP contribution in [0.2, 0.25) is 0 Å². The maximum atomic E-state index is 13.3. The molecule has 0 heterocycles. The van der Waals surface area contributed by atoms with Gasteiger partial charge in [-0.2, -0.15) is 0 Å². The highest BCUT2D eigenvalue weighted by atomic mass is 19.2. The van der Waals surface area contributed by atoms with E-state index in [1.165, 1.54) is 12.1 Å². The van der Waals surface area contributed by atoms with Crippen molar-refractivity contribution in [1.29, 1.82) is 0 Å². The van der Waals surface area contributed by atoms with E-state index < -0.39 is 35.1 Å². The summed E-state index contributed by atoms with van der Waals surface area (Å²) in [6.07, 6.45) is 0.578. The molecule has 176 valence electrons. The number of halogens is 4. The van der Waals surface area contributed by atoms with Crippen LogP contribution in [0.4, 0.5) is 28.9 Å². The molecule has 0 atom stereocenters. The largest absolute Gasteiger partial charge is 0.322 e. The van der Waals surface area contributed by atoms with E-state index >= 15 is 0 Å². The van der Waals surface area contributed by atoms with Gasteiger partial charge < -0.3 is 10.6 Å². The molecule has 0 saturated heterocycles. The van der Waals surface area contributed by atoms with Crippen molar-refractivity contribution in [3.63, 3.8) is 0 Å². The van der Waals surface area contributed by atoms with Crippen molar-refractivity contribution >= 4 is 23.2 Å². The summed E-state index contributed by atoms with van der Waals surface area (Å²) in [5, 5.41) is 5.26. The van der Waals surface area contributed by atoms with Crippen LogP contribution in [0.15, 0.2) is 84.9 Å². The zero-order valence-electron chi connectivity index (χ0n) is 18.1. The third kappa shape index (κ3) is 5.92. The summed E-state index contributed by atoms with van der Waals surface area (Å²) < 4.78 is 52.7. The van der Waals surface area contributed by atoms with Crippen LogP contribution in [0.25, 0.3) is 0 Å². The number of nitrogens with one attached hydrogen (secondary N) is 2. The van der Waals surface area contributed by atoms with Gasteiger partial charge in [0.05, 0.1) is 0 Å². The van der Waals surface area contributed by atoms with E-state index in [-0.39, 0.29) is 11.1 Å². The number of carbonyl (C=O) groups excluding carboxylic acids is 2. The quantitative estimate of drug-likeness (QED) is 0.318. The van der Waals surface area contributed by atoms with Gasteiger partial charge in [-0.25, -0.2) is 17.6 Å². The van der Waals surface area contributed by atoms with Gasteiger partial charge >= 0.3 is 0 Å². The fraction of sp³-hybridized carbons (Fsp3) is 0.0370. The van der Waals surface area contributed by atoms with E-state index in [1.807, 2.05) is 24.3 Å². The molecule has 4 rings (SSSR count). The number of carbonyl (C=O) groups is 2. The normalized spacial score (nSPS) is 10.6. The molecule has 4 aromatic carbocycles. The van der Waals surface area contributed by atoms with Crippen molar-refractivity contribution in [2.24, 2.45) is 0 Å². The lowest BCUT2D eigenvalue weighted by atomic mass is 10.0. The van der Waals surface area contributed by atoms with Crippen LogP contribution in [-0.4, -0.2) is 11.8 Å². The Hall–Kier alpha value is -4.46. The van der Waals surface area contributed by atoms with Crippen molar-refractivity contribution in [3.8, 4) is 0 Å². The lowest BCUT2D eigenvalue weighted by Gasteiger charge is -2.09. The van der Waals surface area contributed by atoms with Gasteiger partial charge in [0, 0.05) is 22.5 Å². The van der Waals surface area contributed by atoms with Crippen LogP contribution in [-0.2, 0) is 6.42 Å². The second-order valence-corrected chi connectivity index (χ2v) is 7.74. The monoisotopic (exact) mass is 478 g/mol. The van der Waals surface area contributed by atoms with E-state index in [4.69, 9.17) is 0 Å². The summed E-state index contributed by atoms with van der Waals surface area (Å²) in [6, 6.07) is 19.9. The SMILES string of the molecule is O=C(Nc1ccc(Cc2ccc(NC(=O)c3ccc(F)c(F)c3)cc2)cc1)c1ccc(F)c(F)c1. The van der Waals surface area contributed by atoms with Gasteiger partial charge in [0.15, 0.2) is 23.3 Å². The van der Waals surface area contributed by atoms with Gasteiger partial charge in [0.1, 0.15) is 0 Å². The van der Waals surface area contributed by atoms with Crippen LogP contribution in [0.3, 0.4) is 0 Å². The minimum absolute atomic E-state index is 0.00437. The first-order valence-electron chi connectivity index (χ1n) is 10.5. The molecule has 8 heteroatoms. The Bertz CT molecular complexity index is 1280. The number of benzene rings is 4. The topological polar surface area (TPSA) is 58.2 Å². The van der Waals surface area contributed by atoms with Crippen LogP contribution in [0.1, 0.15) is 31.8 Å². The zero-order valence-corrected chi connectivity index (χ0v) is 18.1. The average molecular weight is 478 g/mol. The molecule has 0 spiro atoms. The first-order chi connectivity index (χ1) is 16.8. The first-order valence-corrected chi connectivity index (χ1v) is 10.5. The molecule has 4 aromatic rings. The summed E-state index contributed by atoms with van der Waals surface area (Å²) in [7, 11) is 0. The highest BCUT2D eigenvalue weighted by molar-refractivity contribution is 6.04. The summed E-state index contributed by atoms with van der Waals surface area (Å²) >= 11 is 0. The van der Waals surface area contributed by atoms with Gasteiger partial charge in [0.2, 0.25) is 0 Å². The summed E-state index contributed by atoms with van der Waals surface area (Å²) in [6.45, 7) is 0. The molecule has 0 radical (unpaired) electrons. The Morgan fingerprint density at radius 1 is 0.514 bits per heavy atom. The molecule has 35 heavy (non-hydrogen) atoms. The first kappa shape index (κ1) is 23.7. The lowest BCUT2D eigenvalue weighted by molar-refractivity contribution is 0.101. The second kappa shape index (κ2) is 10.2. The summed E-state index contributed by atoms with van der Waals surface area (Å²) in [5.74, 6) is -5.35. The summed E-state index contributed by atoms with van der Waals surface area (Å²) in [5.41, 5.74) is 2.91. The van der Waals surface area contributed by atoms with Crippen molar-refractivity contribution in [2.75, 3.05) is 10.6 Å². The van der Waals surface area contributed by atoms with Crippen LogP contribution in [0, 0.1) is 23.3 Å². The molecule has 0 saturated carbocycles. The number of hydrogen-bond acceptors (Lipinski definition) is 2. The standard InChI is InChI=1S/C27H18F4N2O2/c28-22-11-5-18(14-24(22)30)26(34)32-20-7-1-16(2-8-20)13-17-3-9-21(10-4-17)33-27(35)19-6-12-23(29)25(31)15-19/h1-12,14-15H,13H2,(H,32,34)(H,33,35). The molecule has 2 N–H and O–H groups in total. The molecular formula is C27H18F4N2O2. The second-order valence-electron chi connectivity index (χ2n) is 7.74. The van der Waals surface area contributed by atoms with E-state index in [0.717, 1.165) is 35.4 Å². The number of hydrogen-bond donors (Lipinski definition) is 2. The van der Waals surface area contributed by atoms with Gasteiger partial charge in [-0.05, 0) is 78.2 Å². The minimum atomic E-state index is -1.09. The molecule has 0 fully saturated rings. The van der Waals surface area contributed by atoms with E-state index in [2.05, 4.69) is 10.6 Å². The molecule has 0 aliphatic heterocycles. The fourth-order valence-corrected chi connectivity index (χ4v) is 3.33. The molecule has 0 unspecified atom stereocenters. The van der Waals surface area contributed by atoms with Gasteiger partial charge in [-0.3, -0.25) is 9.59 Å². The number of rotatable bonds is 6. The summed E-state index contributed by atoms with van der Waals surface area (Å²) in [4.78, 5) is 24.4. The average Bonchev–Trinajstić information content (AvgIpc) is 2.85. The molecule has 4 nitrogen and oxygen atoms in total. The number of anilines is 2. The van der Waals surface area contributed by atoms with E-state index in [9.17, 15) is 27.2 Å². The predicted octanol–water partition coefficient (Wildman–Crippen LogP) is 6.34. The van der Waals surface area contributed by atoms with Crippen molar-refractivity contribution in [1.82, 2.24) is 0 Å². The Morgan fingerprint density at radius 2 is 0.886 bits per heavy atom. The molecule has 0 aliphatic carbocycles. The molecule has 0 bridgehead atoms. The molecule has 2 amide bonds. The molecular weight excluding hydrogens is 460 g/mol. The lowest BCUT2D eigenvalue weighted by Crippen LogP contribution is -2.12. The van der Waals surface area contributed by atoms with Crippen molar-refractivity contribution < 1.29 is 27.2 Å². The Kier molecular flexibility index (Phi) is 6.91. The smallest absolute Gasteiger partial charge is 0.255 e. The minimum Gasteiger partial charge on any atom is -0.322 e. The van der Waals surface area contributed by atoms with Gasteiger partial charge in [-0.15, -0.1) is 0 Å². The van der Waals surface area contributed by atoms with Gasteiger partial charge in [0.25, 0.3) is 11.8 Å². The van der Waals surface area contributed by atoms with E-state index in [0.29, 0.717) is 17.8 Å². The molecule has 0 aliphatic rings. The number of amides is 2. The fourth-order valence-electron chi connectivity index (χ4n) is 3.33.